The third-order valence-corrected chi connectivity index (χ3v) is 2.39. The van der Waals surface area contributed by atoms with E-state index in [4.69, 9.17) is 26.6 Å². The standard InChI is InChI=1S/C10H9ClFN3O2/c1-16-7-3-5(2-6(11)9(7)12)10-14-8(4-13)17-15-10/h2-3H,4,13H2,1H3. The Balaban J connectivity index is 2.48. The minimum atomic E-state index is -0.625. The predicted molar refractivity (Wildman–Crippen MR) is 59.1 cm³/mol. The molecular formula is C10H9ClFN3O2. The highest BCUT2D eigenvalue weighted by atomic mass is 35.5. The molecule has 5 nitrogen and oxygen atoms in total. The van der Waals surface area contributed by atoms with Crippen LogP contribution >= 0.6 is 11.6 Å². The summed E-state index contributed by atoms with van der Waals surface area (Å²) in [4.78, 5) is 4.01. The van der Waals surface area contributed by atoms with Gasteiger partial charge in [0.15, 0.2) is 11.6 Å². The van der Waals surface area contributed by atoms with Gasteiger partial charge in [-0.1, -0.05) is 16.8 Å². The van der Waals surface area contributed by atoms with Crippen molar-refractivity contribution in [2.75, 3.05) is 7.11 Å². The number of nitrogens with two attached hydrogens (primary N) is 1. The quantitative estimate of drug-likeness (QED) is 0.910. The van der Waals surface area contributed by atoms with Gasteiger partial charge < -0.3 is 15.0 Å². The summed E-state index contributed by atoms with van der Waals surface area (Å²) >= 11 is 5.72. The molecule has 0 atom stereocenters. The van der Waals surface area contributed by atoms with E-state index < -0.39 is 5.82 Å². The highest BCUT2D eigenvalue weighted by Crippen LogP contribution is 2.30. The molecule has 0 saturated heterocycles. The summed E-state index contributed by atoms with van der Waals surface area (Å²) in [7, 11) is 1.35. The molecule has 0 amide bonds. The van der Waals surface area contributed by atoms with Gasteiger partial charge in [-0.2, -0.15) is 4.98 Å². The van der Waals surface area contributed by atoms with Crippen LogP contribution in [0.2, 0.25) is 5.02 Å². The van der Waals surface area contributed by atoms with Crippen LogP contribution in [-0.2, 0) is 6.54 Å². The van der Waals surface area contributed by atoms with Crippen LogP contribution in [-0.4, -0.2) is 17.3 Å². The zero-order chi connectivity index (χ0) is 12.4. The Morgan fingerprint density at radius 2 is 2.29 bits per heavy atom. The fraction of sp³-hybridized carbons (Fsp3) is 0.200. The fourth-order valence-electron chi connectivity index (χ4n) is 1.30. The van der Waals surface area contributed by atoms with Gasteiger partial charge in [0.05, 0.1) is 18.7 Å². The van der Waals surface area contributed by atoms with Crippen molar-refractivity contribution in [2.45, 2.75) is 6.54 Å². The first kappa shape index (κ1) is 11.8. The van der Waals surface area contributed by atoms with E-state index in [1.54, 1.807) is 0 Å². The summed E-state index contributed by atoms with van der Waals surface area (Å²) in [5.41, 5.74) is 5.84. The average Bonchev–Trinajstić information content (AvgIpc) is 2.81. The molecule has 0 bridgehead atoms. The second-order valence-corrected chi connectivity index (χ2v) is 3.60. The highest BCUT2D eigenvalue weighted by Gasteiger charge is 2.14. The van der Waals surface area contributed by atoms with Crippen LogP contribution in [0, 0.1) is 5.82 Å². The number of rotatable bonds is 3. The lowest BCUT2D eigenvalue weighted by Crippen LogP contribution is -1.96. The molecule has 2 rings (SSSR count). The average molecular weight is 258 g/mol. The number of benzene rings is 1. The summed E-state index contributed by atoms with van der Waals surface area (Å²) < 4.78 is 23.1. The monoisotopic (exact) mass is 257 g/mol. The molecule has 2 N–H and O–H groups in total. The number of aromatic nitrogens is 2. The molecule has 7 heteroatoms. The van der Waals surface area contributed by atoms with Crippen LogP contribution in [0.4, 0.5) is 4.39 Å². The Hall–Kier alpha value is -1.66. The van der Waals surface area contributed by atoms with Gasteiger partial charge in [-0.25, -0.2) is 4.39 Å². The SMILES string of the molecule is COc1cc(-c2noc(CN)n2)cc(Cl)c1F. The molecule has 1 heterocycles. The van der Waals surface area contributed by atoms with E-state index in [2.05, 4.69) is 10.1 Å². The van der Waals surface area contributed by atoms with Crippen molar-refractivity contribution in [1.82, 2.24) is 10.1 Å². The minimum absolute atomic E-state index is 0.0200. The van der Waals surface area contributed by atoms with Crippen molar-refractivity contribution in [1.29, 1.82) is 0 Å². The molecule has 0 aliphatic carbocycles. The van der Waals surface area contributed by atoms with E-state index >= 15 is 0 Å². The van der Waals surface area contributed by atoms with Crippen LogP contribution in [0.25, 0.3) is 11.4 Å². The maximum absolute atomic E-state index is 13.4. The predicted octanol–water partition coefficient (Wildman–Crippen LogP) is 2.00. The van der Waals surface area contributed by atoms with Crippen LogP contribution in [0.3, 0.4) is 0 Å². The number of methoxy groups -OCH3 is 1. The van der Waals surface area contributed by atoms with Gasteiger partial charge in [0.1, 0.15) is 0 Å². The molecule has 1 aromatic heterocycles. The van der Waals surface area contributed by atoms with Gasteiger partial charge in [0.2, 0.25) is 11.7 Å². The van der Waals surface area contributed by atoms with E-state index in [1.807, 2.05) is 0 Å². The minimum Gasteiger partial charge on any atom is -0.494 e. The molecule has 17 heavy (non-hydrogen) atoms. The number of hydrogen-bond donors (Lipinski definition) is 1. The zero-order valence-corrected chi connectivity index (χ0v) is 9.66. The third-order valence-electron chi connectivity index (χ3n) is 2.12. The smallest absolute Gasteiger partial charge is 0.240 e. The first-order valence-corrected chi connectivity index (χ1v) is 5.09. The van der Waals surface area contributed by atoms with Crippen molar-refractivity contribution in [3.63, 3.8) is 0 Å². The maximum atomic E-state index is 13.4. The maximum Gasteiger partial charge on any atom is 0.240 e. The number of nitrogens with zero attached hydrogens (tertiary/aromatic N) is 2. The van der Waals surface area contributed by atoms with Crippen LogP contribution in [0.5, 0.6) is 5.75 Å². The molecule has 1 aromatic carbocycles. The van der Waals surface area contributed by atoms with Crippen molar-refractivity contribution in [3.8, 4) is 17.1 Å². The lowest BCUT2D eigenvalue weighted by Gasteiger charge is -2.04. The molecule has 90 valence electrons. The summed E-state index contributed by atoms with van der Waals surface area (Å²) in [6, 6.07) is 2.83. The Labute approximate surface area is 101 Å². The van der Waals surface area contributed by atoms with Gasteiger partial charge in [-0.3, -0.25) is 0 Å². The Morgan fingerprint density at radius 1 is 1.53 bits per heavy atom. The molecule has 2 aromatic rings. The second-order valence-electron chi connectivity index (χ2n) is 3.19. The third kappa shape index (κ3) is 2.22. The summed E-state index contributed by atoms with van der Waals surface area (Å²) in [6.45, 7) is 0.138. The molecule has 0 spiro atoms. The van der Waals surface area contributed by atoms with Crippen molar-refractivity contribution >= 4 is 11.6 Å². The van der Waals surface area contributed by atoms with Gasteiger partial charge >= 0.3 is 0 Å². The van der Waals surface area contributed by atoms with E-state index in [9.17, 15) is 4.39 Å². The van der Waals surface area contributed by atoms with Gasteiger partial charge in [0.25, 0.3) is 0 Å². The van der Waals surface area contributed by atoms with Crippen molar-refractivity contribution in [3.05, 3.63) is 28.9 Å². The number of ether oxygens (including phenoxy) is 1. The van der Waals surface area contributed by atoms with Crippen LogP contribution in [0.1, 0.15) is 5.89 Å². The van der Waals surface area contributed by atoms with Crippen LogP contribution in [0.15, 0.2) is 16.7 Å². The second kappa shape index (κ2) is 4.68. The summed E-state index contributed by atoms with van der Waals surface area (Å²) in [6.07, 6.45) is 0. The molecule has 0 unspecified atom stereocenters. The van der Waals surface area contributed by atoms with Gasteiger partial charge in [0, 0.05) is 5.56 Å². The summed E-state index contributed by atoms with van der Waals surface area (Å²) in [5.74, 6) is -0.0304. The molecule has 0 radical (unpaired) electrons. The van der Waals surface area contributed by atoms with E-state index in [-0.39, 0.29) is 23.1 Å². The topological polar surface area (TPSA) is 74.2 Å². The molecule has 0 aliphatic heterocycles. The lowest BCUT2D eigenvalue weighted by atomic mass is 10.2. The first-order chi connectivity index (χ1) is 8.15. The highest BCUT2D eigenvalue weighted by molar-refractivity contribution is 6.31. The Morgan fingerprint density at radius 3 is 2.88 bits per heavy atom. The molecular weight excluding hydrogens is 249 g/mol. The normalized spacial score (nSPS) is 10.6. The van der Waals surface area contributed by atoms with Crippen LogP contribution < -0.4 is 10.5 Å². The van der Waals surface area contributed by atoms with E-state index in [0.717, 1.165) is 0 Å². The number of hydrogen-bond acceptors (Lipinski definition) is 5. The fourth-order valence-corrected chi connectivity index (χ4v) is 1.51. The van der Waals surface area contributed by atoms with Gasteiger partial charge in [-0.15, -0.1) is 0 Å². The van der Waals surface area contributed by atoms with E-state index in [0.29, 0.717) is 11.5 Å². The lowest BCUT2D eigenvalue weighted by molar-refractivity contribution is 0.380. The summed E-state index contributed by atoms with van der Waals surface area (Å²) in [5, 5.41) is 3.63. The van der Waals surface area contributed by atoms with Gasteiger partial charge in [-0.05, 0) is 12.1 Å². The Bertz CT molecular complexity index is 544. The number of halogens is 2. The zero-order valence-electron chi connectivity index (χ0n) is 8.91. The largest absolute Gasteiger partial charge is 0.494 e. The molecule has 0 saturated carbocycles. The van der Waals surface area contributed by atoms with Crippen molar-refractivity contribution in [2.24, 2.45) is 5.73 Å². The Kier molecular flexibility index (Phi) is 3.26. The van der Waals surface area contributed by atoms with Crippen molar-refractivity contribution < 1.29 is 13.7 Å². The molecule has 0 aliphatic rings. The molecule has 0 fully saturated rings. The first-order valence-electron chi connectivity index (χ1n) is 4.71. The van der Waals surface area contributed by atoms with E-state index in [1.165, 1.54) is 19.2 Å².